The van der Waals surface area contributed by atoms with E-state index in [9.17, 15) is 14.4 Å². The van der Waals surface area contributed by atoms with Crippen LogP contribution < -0.4 is 5.32 Å². The molecule has 8 heteroatoms. The standard InChI is InChI=1S/C23H18Cl2N2O4/c1-13-7-8-14(2)18(9-13)21(29)16-5-3-4-6-17(16)23(30)31-12-20(28)27-22-19(25)10-15(24)11-26-22/h3-11H,12H2,1-2H3,(H,26,27,28). The van der Waals surface area contributed by atoms with Crippen molar-refractivity contribution in [1.82, 2.24) is 4.98 Å². The van der Waals surface area contributed by atoms with Gasteiger partial charge in [0.05, 0.1) is 15.6 Å². The fraction of sp³-hybridized carbons (Fsp3) is 0.130. The number of rotatable bonds is 6. The van der Waals surface area contributed by atoms with Crippen molar-refractivity contribution in [2.24, 2.45) is 0 Å². The minimum Gasteiger partial charge on any atom is -0.452 e. The van der Waals surface area contributed by atoms with Gasteiger partial charge in [-0.15, -0.1) is 0 Å². The van der Waals surface area contributed by atoms with E-state index < -0.39 is 18.5 Å². The molecule has 3 rings (SSSR count). The number of esters is 1. The number of hydrogen-bond acceptors (Lipinski definition) is 5. The Morgan fingerprint density at radius 1 is 0.968 bits per heavy atom. The number of aromatic nitrogens is 1. The average Bonchev–Trinajstić information content (AvgIpc) is 2.75. The number of hydrogen-bond donors (Lipinski definition) is 1. The van der Waals surface area contributed by atoms with Crippen molar-refractivity contribution in [1.29, 1.82) is 0 Å². The van der Waals surface area contributed by atoms with Gasteiger partial charge in [0.2, 0.25) is 0 Å². The van der Waals surface area contributed by atoms with E-state index >= 15 is 0 Å². The lowest BCUT2D eigenvalue weighted by atomic mass is 9.94. The van der Waals surface area contributed by atoms with Crippen molar-refractivity contribution in [2.75, 3.05) is 11.9 Å². The van der Waals surface area contributed by atoms with Crippen LogP contribution in [0.4, 0.5) is 5.82 Å². The van der Waals surface area contributed by atoms with Crippen LogP contribution >= 0.6 is 23.2 Å². The molecule has 0 atom stereocenters. The van der Waals surface area contributed by atoms with Crippen molar-refractivity contribution in [3.05, 3.63) is 92.6 Å². The Bertz CT molecular complexity index is 1180. The number of pyridine rings is 1. The summed E-state index contributed by atoms with van der Waals surface area (Å²) in [5, 5.41) is 2.91. The molecular weight excluding hydrogens is 439 g/mol. The van der Waals surface area contributed by atoms with Crippen LogP contribution in [0.25, 0.3) is 0 Å². The maximum absolute atomic E-state index is 13.1. The Morgan fingerprint density at radius 2 is 1.68 bits per heavy atom. The van der Waals surface area contributed by atoms with Crippen LogP contribution in [0.5, 0.6) is 0 Å². The molecule has 1 N–H and O–H groups in total. The molecule has 0 saturated carbocycles. The number of carbonyl (C=O) groups excluding carboxylic acids is 3. The van der Waals surface area contributed by atoms with E-state index in [4.69, 9.17) is 27.9 Å². The number of benzene rings is 2. The van der Waals surface area contributed by atoms with E-state index in [0.29, 0.717) is 10.6 Å². The maximum atomic E-state index is 13.1. The SMILES string of the molecule is Cc1ccc(C)c(C(=O)c2ccccc2C(=O)OCC(=O)Nc2ncc(Cl)cc2Cl)c1. The van der Waals surface area contributed by atoms with E-state index in [0.717, 1.165) is 11.1 Å². The van der Waals surface area contributed by atoms with Gasteiger partial charge in [0.25, 0.3) is 5.91 Å². The minimum atomic E-state index is -0.792. The van der Waals surface area contributed by atoms with Crippen molar-refractivity contribution in [3.63, 3.8) is 0 Å². The summed E-state index contributed by atoms with van der Waals surface area (Å²) in [6.45, 7) is 3.14. The summed E-state index contributed by atoms with van der Waals surface area (Å²) in [6, 6.07) is 13.3. The van der Waals surface area contributed by atoms with Crippen LogP contribution in [0, 0.1) is 13.8 Å². The Balaban J connectivity index is 1.73. The molecule has 158 valence electrons. The van der Waals surface area contributed by atoms with Crippen LogP contribution in [0.1, 0.15) is 37.4 Å². The molecule has 1 amide bonds. The van der Waals surface area contributed by atoms with E-state index in [2.05, 4.69) is 10.3 Å². The summed E-state index contributed by atoms with van der Waals surface area (Å²) in [5.74, 6) is -1.63. The highest BCUT2D eigenvalue weighted by molar-refractivity contribution is 6.36. The first-order chi connectivity index (χ1) is 14.8. The second kappa shape index (κ2) is 9.73. The maximum Gasteiger partial charge on any atom is 0.339 e. The number of nitrogens with zero attached hydrogens (tertiary/aromatic N) is 1. The number of carbonyl (C=O) groups is 3. The molecule has 0 aliphatic carbocycles. The third-order valence-corrected chi connectivity index (χ3v) is 4.92. The lowest BCUT2D eigenvalue weighted by Gasteiger charge is -2.11. The van der Waals surface area contributed by atoms with Gasteiger partial charge in [-0.3, -0.25) is 9.59 Å². The quantitative estimate of drug-likeness (QED) is 0.415. The highest BCUT2D eigenvalue weighted by Gasteiger charge is 2.21. The molecule has 31 heavy (non-hydrogen) atoms. The van der Waals surface area contributed by atoms with Gasteiger partial charge in [0.1, 0.15) is 0 Å². The molecular formula is C23H18Cl2N2O4. The summed E-state index contributed by atoms with van der Waals surface area (Å²) in [4.78, 5) is 41.7. The number of nitrogens with one attached hydrogen (secondary N) is 1. The fourth-order valence-electron chi connectivity index (χ4n) is 2.87. The molecule has 0 unspecified atom stereocenters. The van der Waals surface area contributed by atoms with Crippen LogP contribution in [0.15, 0.2) is 54.7 Å². The zero-order valence-electron chi connectivity index (χ0n) is 16.7. The van der Waals surface area contributed by atoms with E-state index in [1.807, 2.05) is 26.0 Å². The second-order valence-corrected chi connectivity index (χ2v) is 7.64. The van der Waals surface area contributed by atoms with Crippen molar-refractivity contribution >= 4 is 46.7 Å². The molecule has 0 spiro atoms. The Kier molecular flexibility index (Phi) is 7.05. The van der Waals surface area contributed by atoms with Crippen LogP contribution in [0.3, 0.4) is 0 Å². The van der Waals surface area contributed by atoms with E-state index in [1.165, 1.54) is 18.3 Å². The van der Waals surface area contributed by atoms with Gasteiger partial charge in [-0.2, -0.15) is 0 Å². The van der Waals surface area contributed by atoms with Crippen molar-refractivity contribution in [2.45, 2.75) is 13.8 Å². The molecule has 2 aromatic carbocycles. The highest BCUT2D eigenvalue weighted by atomic mass is 35.5. The first kappa shape index (κ1) is 22.5. The van der Waals surface area contributed by atoms with Gasteiger partial charge in [-0.1, -0.05) is 59.1 Å². The largest absolute Gasteiger partial charge is 0.452 e. The topological polar surface area (TPSA) is 85.4 Å². The van der Waals surface area contributed by atoms with Crippen LogP contribution in [-0.2, 0) is 9.53 Å². The normalized spacial score (nSPS) is 10.5. The third-order valence-electron chi connectivity index (χ3n) is 4.43. The fourth-order valence-corrected chi connectivity index (χ4v) is 3.30. The third kappa shape index (κ3) is 5.48. The number of halogens is 2. The number of ether oxygens (including phenoxy) is 1. The number of ketones is 1. The molecule has 1 aromatic heterocycles. The van der Waals surface area contributed by atoms with Crippen LogP contribution in [-0.4, -0.2) is 29.3 Å². The summed E-state index contributed by atoms with van der Waals surface area (Å²) in [7, 11) is 0. The Labute approximate surface area is 189 Å². The first-order valence-corrected chi connectivity index (χ1v) is 10.0. The smallest absolute Gasteiger partial charge is 0.339 e. The zero-order valence-corrected chi connectivity index (χ0v) is 18.3. The molecule has 1 heterocycles. The molecule has 0 bridgehead atoms. The van der Waals surface area contributed by atoms with Crippen LogP contribution in [0.2, 0.25) is 10.0 Å². The lowest BCUT2D eigenvalue weighted by Crippen LogP contribution is -2.22. The van der Waals surface area contributed by atoms with Gasteiger partial charge in [-0.25, -0.2) is 9.78 Å². The Morgan fingerprint density at radius 3 is 2.39 bits per heavy atom. The van der Waals surface area contributed by atoms with Crippen molar-refractivity contribution < 1.29 is 19.1 Å². The number of anilines is 1. The van der Waals surface area contributed by atoms with Gasteiger partial charge in [0, 0.05) is 17.3 Å². The molecule has 3 aromatic rings. The van der Waals surface area contributed by atoms with Gasteiger partial charge in [-0.05, 0) is 37.6 Å². The second-order valence-electron chi connectivity index (χ2n) is 6.80. The molecule has 0 aliphatic rings. The minimum absolute atomic E-state index is 0.0730. The predicted molar refractivity (Wildman–Crippen MR) is 119 cm³/mol. The highest BCUT2D eigenvalue weighted by Crippen LogP contribution is 2.23. The lowest BCUT2D eigenvalue weighted by molar-refractivity contribution is -0.119. The predicted octanol–water partition coefficient (Wildman–Crippen LogP) is 5.03. The number of aryl methyl sites for hydroxylation is 2. The Hall–Kier alpha value is -3.22. The average molecular weight is 457 g/mol. The molecule has 6 nitrogen and oxygen atoms in total. The zero-order chi connectivity index (χ0) is 22.5. The summed E-state index contributed by atoms with van der Waals surface area (Å²) in [6.07, 6.45) is 1.32. The summed E-state index contributed by atoms with van der Waals surface area (Å²) >= 11 is 11.7. The molecule has 0 saturated heterocycles. The summed E-state index contributed by atoms with van der Waals surface area (Å²) in [5.41, 5.74) is 2.50. The van der Waals surface area contributed by atoms with Crippen molar-refractivity contribution in [3.8, 4) is 0 Å². The number of amides is 1. The van der Waals surface area contributed by atoms with E-state index in [1.54, 1.807) is 24.3 Å². The van der Waals surface area contributed by atoms with Gasteiger partial charge in [0.15, 0.2) is 18.2 Å². The molecule has 0 fully saturated rings. The van der Waals surface area contributed by atoms with E-state index in [-0.39, 0.29) is 27.8 Å². The first-order valence-electron chi connectivity index (χ1n) is 9.25. The summed E-state index contributed by atoms with van der Waals surface area (Å²) < 4.78 is 5.11. The molecule has 0 aliphatic heterocycles. The monoisotopic (exact) mass is 456 g/mol. The van der Waals surface area contributed by atoms with Gasteiger partial charge < -0.3 is 10.1 Å². The molecule has 0 radical (unpaired) electrons. The van der Waals surface area contributed by atoms with Gasteiger partial charge >= 0.3 is 5.97 Å².